The molecule has 30 heavy (non-hydrogen) atoms. The number of guanidine groups is 1. The van der Waals surface area contributed by atoms with Gasteiger partial charge in [0.05, 0.1) is 7.11 Å². The molecule has 9 heteroatoms. The molecule has 0 atom stereocenters. The van der Waals surface area contributed by atoms with Gasteiger partial charge in [0.1, 0.15) is 18.1 Å². The standard InChI is InChI=1S/C21H34N6O2.HI/c1-6-29-13-7-11-22-21(24-15-20-26-25-17(3)27(20)4)23-12-10-18-9-8-16(2)19(14-18)28-5;/h8-9,14H,6-7,10-13,15H2,1-5H3,(H2,22,23,24);1H. The first-order valence-electron chi connectivity index (χ1n) is 10.1. The van der Waals surface area contributed by atoms with E-state index in [4.69, 9.17) is 9.47 Å². The van der Waals surface area contributed by atoms with Crippen molar-refractivity contribution in [2.75, 3.05) is 33.4 Å². The SMILES string of the molecule is CCOCCCNC(=NCc1nnc(C)n1C)NCCc1ccc(C)c(OC)c1.I. The third-order valence-electron chi connectivity index (χ3n) is 4.70. The van der Waals surface area contributed by atoms with Crippen molar-refractivity contribution in [2.45, 2.75) is 40.2 Å². The van der Waals surface area contributed by atoms with Crippen LogP contribution < -0.4 is 15.4 Å². The van der Waals surface area contributed by atoms with Crippen molar-refractivity contribution in [2.24, 2.45) is 12.0 Å². The molecule has 0 amide bonds. The highest BCUT2D eigenvalue weighted by atomic mass is 127. The summed E-state index contributed by atoms with van der Waals surface area (Å²) in [5.41, 5.74) is 2.36. The van der Waals surface area contributed by atoms with Crippen molar-refractivity contribution in [3.63, 3.8) is 0 Å². The van der Waals surface area contributed by atoms with Crippen LogP contribution in [0.25, 0.3) is 0 Å². The fourth-order valence-corrected chi connectivity index (χ4v) is 2.78. The molecule has 0 aliphatic rings. The summed E-state index contributed by atoms with van der Waals surface area (Å²) in [6.07, 6.45) is 1.80. The Morgan fingerprint density at radius 1 is 1.17 bits per heavy atom. The molecule has 0 saturated heterocycles. The van der Waals surface area contributed by atoms with Crippen LogP contribution in [0.4, 0.5) is 0 Å². The van der Waals surface area contributed by atoms with Gasteiger partial charge in [-0.05, 0) is 50.8 Å². The number of methoxy groups -OCH3 is 1. The summed E-state index contributed by atoms with van der Waals surface area (Å²) < 4.78 is 12.8. The van der Waals surface area contributed by atoms with E-state index in [1.165, 1.54) is 5.56 Å². The fraction of sp³-hybridized carbons (Fsp3) is 0.571. The largest absolute Gasteiger partial charge is 0.496 e. The van der Waals surface area contributed by atoms with Crippen LogP contribution >= 0.6 is 24.0 Å². The normalized spacial score (nSPS) is 11.2. The second-order valence-corrected chi connectivity index (χ2v) is 6.85. The van der Waals surface area contributed by atoms with Crippen LogP contribution in [0.3, 0.4) is 0 Å². The molecule has 0 saturated carbocycles. The first-order valence-corrected chi connectivity index (χ1v) is 10.1. The summed E-state index contributed by atoms with van der Waals surface area (Å²) in [4.78, 5) is 4.67. The molecule has 1 aromatic carbocycles. The molecular weight excluding hydrogens is 495 g/mol. The van der Waals surface area contributed by atoms with Crippen molar-refractivity contribution in [1.82, 2.24) is 25.4 Å². The summed E-state index contributed by atoms with van der Waals surface area (Å²) in [6.45, 7) is 9.49. The number of hydrogen-bond donors (Lipinski definition) is 2. The average Bonchev–Trinajstić information content (AvgIpc) is 3.04. The van der Waals surface area contributed by atoms with Gasteiger partial charge >= 0.3 is 0 Å². The Balaban J connectivity index is 0.00000450. The van der Waals surface area contributed by atoms with Gasteiger partial charge in [0, 0.05) is 33.4 Å². The predicted molar refractivity (Wildman–Crippen MR) is 131 cm³/mol. The topological polar surface area (TPSA) is 85.6 Å². The van der Waals surface area contributed by atoms with Crippen molar-refractivity contribution >= 4 is 29.9 Å². The Hall–Kier alpha value is -1.88. The van der Waals surface area contributed by atoms with Gasteiger partial charge in [-0.25, -0.2) is 4.99 Å². The van der Waals surface area contributed by atoms with Crippen LogP contribution in [0, 0.1) is 13.8 Å². The highest BCUT2D eigenvalue weighted by Crippen LogP contribution is 2.18. The van der Waals surface area contributed by atoms with E-state index in [2.05, 4.69) is 44.0 Å². The zero-order chi connectivity index (χ0) is 21.1. The van der Waals surface area contributed by atoms with Gasteiger partial charge in [0.15, 0.2) is 11.8 Å². The van der Waals surface area contributed by atoms with Gasteiger partial charge in [-0.3, -0.25) is 0 Å². The van der Waals surface area contributed by atoms with Gasteiger partial charge in [-0.15, -0.1) is 34.2 Å². The van der Waals surface area contributed by atoms with E-state index in [0.717, 1.165) is 68.1 Å². The quantitative estimate of drug-likeness (QED) is 0.201. The number of halogens is 1. The molecule has 8 nitrogen and oxygen atoms in total. The minimum atomic E-state index is 0. The van der Waals surface area contributed by atoms with E-state index in [1.807, 2.05) is 32.4 Å². The second kappa shape index (κ2) is 14.2. The van der Waals surface area contributed by atoms with Crippen molar-refractivity contribution in [3.05, 3.63) is 41.0 Å². The summed E-state index contributed by atoms with van der Waals surface area (Å²) in [5.74, 6) is 3.40. The molecule has 168 valence electrons. The highest BCUT2D eigenvalue weighted by Gasteiger charge is 2.06. The third-order valence-corrected chi connectivity index (χ3v) is 4.70. The van der Waals surface area contributed by atoms with Crippen LogP contribution in [-0.2, 0) is 24.8 Å². The van der Waals surface area contributed by atoms with E-state index >= 15 is 0 Å². The maximum Gasteiger partial charge on any atom is 0.191 e. The molecule has 1 aromatic heterocycles. The Labute approximate surface area is 196 Å². The average molecular weight is 530 g/mol. The van der Waals surface area contributed by atoms with Crippen LogP contribution in [0.1, 0.15) is 36.1 Å². The first-order chi connectivity index (χ1) is 14.0. The second-order valence-electron chi connectivity index (χ2n) is 6.85. The van der Waals surface area contributed by atoms with Crippen LogP contribution in [0.5, 0.6) is 5.75 Å². The lowest BCUT2D eigenvalue weighted by Crippen LogP contribution is -2.39. The van der Waals surface area contributed by atoms with Crippen LogP contribution in [-0.4, -0.2) is 54.1 Å². The number of hydrogen-bond acceptors (Lipinski definition) is 5. The number of rotatable bonds is 11. The van der Waals surface area contributed by atoms with Crippen molar-refractivity contribution in [3.8, 4) is 5.75 Å². The number of aliphatic imine (C=N–C) groups is 1. The van der Waals surface area contributed by atoms with Crippen molar-refractivity contribution < 1.29 is 9.47 Å². The Morgan fingerprint density at radius 2 is 1.93 bits per heavy atom. The molecule has 0 bridgehead atoms. The predicted octanol–water partition coefficient (Wildman–Crippen LogP) is 2.76. The minimum Gasteiger partial charge on any atom is -0.496 e. The van der Waals surface area contributed by atoms with Crippen molar-refractivity contribution in [1.29, 1.82) is 0 Å². The zero-order valence-electron chi connectivity index (χ0n) is 18.7. The monoisotopic (exact) mass is 530 g/mol. The summed E-state index contributed by atoms with van der Waals surface area (Å²) in [5, 5.41) is 15.0. The lowest BCUT2D eigenvalue weighted by atomic mass is 10.1. The fourth-order valence-electron chi connectivity index (χ4n) is 2.78. The summed E-state index contributed by atoms with van der Waals surface area (Å²) >= 11 is 0. The molecule has 0 radical (unpaired) electrons. The van der Waals surface area contributed by atoms with Crippen LogP contribution in [0.15, 0.2) is 23.2 Å². The van der Waals surface area contributed by atoms with E-state index in [-0.39, 0.29) is 24.0 Å². The van der Waals surface area contributed by atoms with Gasteiger partial charge in [0.25, 0.3) is 0 Å². The Morgan fingerprint density at radius 3 is 2.60 bits per heavy atom. The third kappa shape index (κ3) is 8.47. The zero-order valence-corrected chi connectivity index (χ0v) is 21.0. The molecular formula is C21H35IN6O2. The summed E-state index contributed by atoms with van der Waals surface area (Å²) in [6, 6.07) is 6.31. The molecule has 2 rings (SSSR count). The minimum absolute atomic E-state index is 0. The molecule has 0 aliphatic carbocycles. The number of aryl methyl sites for hydroxylation is 2. The maximum absolute atomic E-state index is 5.42. The smallest absolute Gasteiger partial charge is 0.191 e. The lowest BCUT2D eigenvalue weighted by molar-refractivity contribution is 0.145. The lowest BCUT2D eigenvalue weighted by Gasteiger charge is -2.13. The van der Waals surface area contributed by atoms with Crippen LogP contribution in [0.2, 0.25) is 0 Å². The molecule has 0 spiro atoms. The molecule has 0 aliphatic heterocycles. The molecule has 2 N–H and O–H groups in total. The number of ether oxygens (including phenoxy) is 2. The Bertz CT molecular complexity index is 794. The van der Waals surface area contributed by atoms with E-state index in [1.54, 1.807) is 7.11 Å². The van der Waals surface area contributed by atoms with E-state index < -0.39 is 0 Å². The molecule has 1 heterocycles. The molecule has 0 fully saturated rings. The number of nitrogens with zero attached hydrogens (tertiary/aromatic N) is 4. The number of nitrogens with one attached hydrogen (secondary N) is 2. The van der Waals surface area contributed by atoms with E-state index in [9.17, 15) is 0 Å². The first kappa shape index (κ1) is 26.2. The van der Waals surface area contributed by atoms with Gasteiger partial charge < -0.3 is 24.7 Å². The highest BCUT2D eigenvalue weighted by molar-refractivity contribution is 14.0. The molecule has 2 aromatic rings. The van der Waals surface area contributed by atoms with Gasteiger partial charge in [0.2, 0.25) is 0 Å². The number of benzene rings is 1. The van der Waals surface area contributed by atoms with Gasteiger partial charge in [-0.2, -0.15) is 0 Å². The number of aromatic nitrogens is 3. The maximum atomic E-state index is 5.42. The Kier molecular flexibility index (Phi) is 12.4. The van der Waals surface area contributed by atoms with Gasteiger partial charge in [-0.1, -0.05) is 12.1 Å². The summed E-state index contributed by atoms with van der Waals surface area (Å²) in [7, 11) is 3.66. The molecule has 0 unspecified atom stereocenters. The van der Waals surface area contributed by atoms with E-state index in [0.29, 0.717) is 6.54 Å².